The largest absolute Gasteiger partial charge is 0.361 e. The summed E-state index contributed by atoms with van der Waals surface area (Å²) in [5.74, 6) is 0.146. The van der Waals surface area contributed by atoms with Crippen LogP contribution in [0.3, 0.4) is 0 Å². The second-order valence-corrected chi connectivity index (χ2v) is 6.51. The van der Waals surface area contributed by atoms with Gasteiger partial charge in [-0.05, 0) is 32.5 Å². The number of aliphatic imine (C=N–C) groups is 1. The van der Waals surface area contributed by atoms with Crippen LogP contribution in [-0.2, 0) is 11.2 Å². The van der Waals surface area contributed by atoms with Crippen molar-refractivity contribution in [3.63, 3.8) is 0 Å². The molecule has 2 N–H and O–H groups in total. The second-order valence-electron chi connectivity index (χ2n) is 4.67. The SMILES string of the molecule is CN=C(Cl)C(C)SC(NC)Nc1ccccc1CC(C)=O. The zero-order chi connectivity index (χ0) is 15.8. The van der Waals surface area contributed by atoms with Crippen LogP contribution in [0.2, 0.25) is 0 Å². The fourth-order valence-electron chi connectivity index (χ4n) is 1.84. The predicted molar refractivity (Wildman–Crippen MR) is 93.6 cm³/mol. The van der Waals surface area contributed by atoms with E-state index in [0.29, 0.717) is 11.6 Å². The number of nitrogens with zero attached hydrogens (tertiary/aromatic N) is 1. The highest BCUT2D eigenvalue weighted by Crippen LogP contribution is 2.23. The van der Waals surface area contributed by atoms with Gasteiger partial charge < -0.3 is 5.32 Å². The molecule has 116 valence electrons. The summed E-state index contributed by atoms with van der Waals surface area (Å²) in [4.78, 5) is 15.3. The Bertz CT molecular complexity index is 507. The Morgan fingerprint density at radius 3 is 2.67 bits per heavy atom. The molecule has 0 saturated heterocycles. The third kappa shape index (κ3) is 6.08. The van der Waals surface area contributed by atoms with Gasteiger partial charge in [-0.2, -0.15) is 0 Å². The molecule has 0 saturated carbocycles. The van der Waals surface area contributed by atoms with Gasteiger partial charge in [-0.25, -0.2) is 0 Å². The molecule has 0 aromatic heterocycles. The van der Waals surface area contributed by atoms with Crippen LogP contribution < -0.4 is 10.6 Å². The Kier molecular flexibility index (Phi) is 7.78. The third-order valence-electron chi connectivity index (χ3n) is 2.89. The molecule has 0 aliphatic heterocycles. The number of halogens is 1. The van der Waals surface area contributed by atoms with Crippen molar-refractivity contribution >= 4 is 40.0 Å². The second kappa shape index (κ2) is 9.07. The quantitative estimate of drug-likeness (QED) is 0.569. The van der Waals surface area contributed by atoms with E-state index >= 15 is 0 Å². The average Bonchev–Trinajstić information content (AvgIpc) is 2.46. The van der Waals surface area contributed by atoms with Gasteiger partial charge in [0.2, 0.25) is 0 Å². The number of Topliss-reactive ketones (excluding diaryl/α,β-unsaturated/α-hetero) is 1. The number of hydrogen-bond acceptors (Lipinski definition) is 5. The van der Waals surface area contributed by atoms with Gasteiger partial charge in [0.05, 0.1) is 5.25 Å². The Balaban J connectivity index is 2.80. The summed E-state index contributed by atoms with van der Waals surface area (Å²) in [6.45, 7) is 3.61. The van der Waals surface area contributed by atoms with Gasteiger partial charge in [0.25, 0.3) is 0 Å². The van der Waals surface area contributed by atoms with Crippen molar-refractivity contribution in [1.29, 1.82) is 0 Å². The number of carbonyl (C=O) groups excluding carboxylic acids is 1. The summed E-state index contributed by atoms with van der Waals surface area (Å²) in [7, 11) is 3.56. The molecule has 6 heteroatoms. The molecule has 0 heterocycles. The molecule has 0 aliphatic carbocycles. The number of anilines is 1. The minimum atomic E-state index is -0.0244. The maximum absolute atomic E-state index is 11.3. The van der Waals surface area contributed by atoms with Crippen molar-refractivity contribution in [3.8, 4) is 0 Å². The van der Waals surface area contributed by atoms with Crippen LogP contribution in [0.15, 0.2) is 29.3 Å². The van der Waals surface area contributed by atoms with Gasteiger partial charge in [0.15, 0.2) is 0 Å². The summed E-state index contributed by atoms with van der Waals surface area (Å²) in [6.07, 6.45) is 0.428. The Hall–Kier alpha value is -1.04. The monoisotopic (exact) mass is 327 g/mol. The molecule has 0 aliphatic rings. The van der Waals surface area contributed by atoms with Crippen molar-refractivity contribution in [2.24, 2.45) is 4.99 Å². The smallest absolute Gasteiger partial charge is 0.134 e. The van der Waals surface area contributed by atoms with Crippen molar-refractivity contribution in [3.05, 3.63) is 29.8 Å². The number of thioether (sulfide) groups is 1. The first-order valence-electron chi connectivity index (χ1n) is 6.76. The summed E-state index contributed by atoms with van der Waals surface area (Å²) >= 11 is 7.68. The first kappa shape index (κ1) is 18.0. The van der Waals surface area contributed by atoms with Crippen molar-refractivity contribution in [2.75, 3.05) is 19.4 Å². The minimum absolute atomic E-state index is 0.0244. The minimum Gasteiger partial charge on any atom is -0.361 e. The molecule has 2 atom stereocenters. The highest BCUT2D eigenvalue weighted by molar-refractivity contribution is 8.01. The van der Waals surface area contributed by atoms with Gasteiger partial charge >= 0.3 is 0 Å². The van der Waals surface area contributed by atoms with Crippen molar-refractivity contribution < 1.29 is 4.79 Å². The van der Waals surface area contributed by atoms with Crippen LogP contribution >= 0.6 is 23.4 Å². The van der Waals surface area contributed by atoms with E-state index in [1.54, 1.807) is 25.7 Å². The standard InChI is InChI=1S/C15H22ClN3OS/c1-10(20)9-12-7-5-6-8-13(12)19-15(18-4)21-11(2)14(16)17-3/h5-8,11,15,18-19H,9H2,1-4H3. The molecule has 2 unspecified atom stereocenters. The lowest BCUT2D eigenvalue weighted by molar-refractivity contribution is -0.116. The maximum Gasteiger partial charge on any atom is 0.134 e. The Labute approximate surface area is 135 Å². The topological polar surface area (TPSA) is 53.5 Å². The maximum atomic E-state index is 11.3. The number of nitrogens with one attached hydrogen (secondary N) is 2. The van der Waals surface area contributed by atoms with E-state index in [9.17, 15) is 4.79 Å². The Morgan fingerprint density at radius 1 is 1.43 bits per heavy atom. The van der Waals surface area contributed by atoms with Gasteiger partial charge in [0, 0.05) is 19.2 Å². The first-order chi connectivity index (χ1) is 9.97. The summed E-state index contributed by atoms with van der Waals surface area (Å²) in [5, 5.41) is 7.26. The van der Waals surface area contributed by atoms with Crippen molar-refractivity contribution in [1.82, 2.24) is 5.32 Å². The molecule has 0 bridgehead atoms. The highest BCUT2D eigenvalue weighted by atomic mass is 35.5. The zero-order valence-corrected chi connectivity index (χ0v) is 14.4. The molecule has 0 spiro atoms. The molecule has 4 nitrogen and oxygen atoms in total. The molecule has 21 heavy (non-hydrogen) atoms. The van der Waals surface area contributed by atoms with E-state index in [1.165, 1.54) is 0 Å². The molecule has 0 radical (unpaired) electrons. The first-order valence-corrected chi connectivity index (χ1v) is 8.08. The predicted octanol–water partition coefficient (Wildman–Crippen LogP) is 3.12. The molecule has 0 amide bonds. The van der Waals surface area contributed by atoms with Crippen LogP contribution in [0.5, 0.6) is 0 Å². The van der Waals surface area contributed by atoms with Crippen LogP contribution in [0, 0.1) is 0 Å². The van der Waals surface area contributed by atoms with Gasteiger partial charge in [-0.3, -0.25) is 15.1 Å². The number of benzene rings is 1. The van der Waals surface area contributed by atoms with Crippen LogP contribution in [-0.4, -0.2) is 35.8 Å². The summed E-state index contributed by atoms with van der Waals surface area (Å²) in [6, 6.07) is 7.83. The molecular weight excluding hydrogens is 306 g/mol. The fourth-order valence-corrected chi connectivity index (χ4v) is 2.95. The molecule has 1 aromatic carbocycles. The van der Waals surface area contributed by atoms with E-state index < -0.39 is 0 Å². The summed E-state index contributed by atoms with van der Waals surface area (Å²) < 4.78 is 0. The van der Waals surface area contributed by atoms with Gasteiger partial charge in [0.1, 0.15) is 16.5 Å². The average molecular weight is 328 g/mol. The lowest BCUT2D eigenvalue weighted by Crippen LogP contribution is -2.33. The fraction of sp³-hybridized carbons (Fsp3) is 0.467. The van der Waals surface area contributed by atoms with Crippen LogP contribution in [0.25, 0.3) is 0 Å². The van der Waals surface area contributed by atoms with Crippen molar-refractivity contribution in [2.45, 2.75) is 31.0 Å². The normalized spacial score (nSPS) is 14.6. The third-order valence-corrected chi connectivity index (χ3v) is 4.78. The number of hydrogen-bond donors (Lipinski definition) is 2. The Morgan fingerprint density at radius 2 is 2.10 bits per heavy atom. The number of para-hydroxylation sites is 1. The highest BCUT2D eigenvalue weighted by Gasteiger charge is 2.16. The number of carbonyl (C=O) groups is 1. The van der Waals surface area contributed by atoms with E-state index in [2.05, 4.69) is 15.6 Å². The van der Waals surface area contributed by atoms with Gasteiger partial charge in [-0.15, -0.1) is 11.8 Å². The van der Waals surface area contributed by atoms with Crippen LogP contribution in [0.4, 0.5) is 5.69 Å². The molecular formula is C15H22ClN3OS. The van der Waals surface area contributed by atoms with Crippen LogP contribution in [0.1, 0.15) is 19.4 Å². The van der Waals surface area contributed by atoms with E-state index in [1.807, 2.05) is 38.2 Å². The van der Waals surface area contributed by atoms with E-state index in [4.69, 9.17) is 11.6 Å². The number of rotatable bonds is 8. The lowest BCUT2D eigenvalue weighted by atomic mass is 10.1. The molecule has 0 fully saturated rings. The number of ketones is 1. The molecule has 1 aromatic rings. The zero-order valence-electron chi connectivity index (χ0n) is 12.8. The lowest BCUT2D eigenvalue weighted by Gasteiger charge is -2.23. The van der Waals surface area contributed by atoms with E-state index in [0.717, 1.165) is 11.3 Å². The summed E-state index contributed by atoms with van der Waals surface area (Å²) in [5.41, 5.74) is 1.92. The van der Waals surface area contributed by atoms with Gasteiger partial charge in [-0.1, -0.05) is 29.8 Å². The molecule has 1 rings (SSSR count). The van der Waals surface area contributed by atoms with E-state index in [-0.39, 0.29) is 16.5 Å².